The Morgan fingerprint density at radius 1 is 1.59 bits per heavy atom. The quantitative estimate of drug-likeness (QED) is 0.706. The molecule has 0 bridgehead atoms. The van der Waals surface area contributed by atoms with E-state index in [9.17, 15) is 5.11 Å². The van der Waals surface area contributed by atoms with E-state index in [0.717, 1.165) is 0 Å². The summed E-state index contributed by atoms with van der Waals surface area (Å²) in [6, 6.07) is 4.25. The van der Waals surface area contributed by atoms with Crippen LogP contribution in [0.4, 0.5) is 0 Å². The van der Waals surface area contributed by atoms with E-state index in [4.69, 9.17) is 34.7 Å². The lowest BCUT2D eigenvalue weighted by Gasteiger charge is -2.27. The molecule has 94 valence electrons. The van der Waals surface area contributed by atoms with Gasteiger partial charge in [-0.25, -0.2) is 0 Å². The lowest BCUT2D eigenvalue weighted by atomic mass is 10.0. The molecule has 4 nitrogen and oxygen atoms in total. The average molecular weight is 275 g/mol. The minimum atomic E-state index is -0.448. The summed E-state index contributed by atoms with van der Waals surface area (Å²) in [5.74, 6) is 0.0805. The van der Waals surface area contributed by atoms with Gasteiger partial charge in [-0.1, -0.05) is 23.8 Å². The molecular weight excluding hydrogens is 260 g/mol. The van der Waals surface area contributed by atoms with E-state index in [0.29, 0.717) is 17.1 Å². The Hall–Kier alpha value is -0.880. The second kappa shape index (κ2) is 6.16. The lowest BCUT2D eigenvalue weighted by molar-refractivity contribution is 0.206. The Balaban J connectivity index is 3.13. The number of hydrogen-bond donors (Lipinski definition) is 3. The second-order valence-corrected chi connectivity index (χ2v) is 4.62. The Bertz CT molecular complexity index is 414. The van der Waals surface area contributed by atoms with Crippen LogP contribution in [0.1, 0.15) is 11.6 Å². The van der Waals surface area contributed by atoms with E-state index in [1.165, 1.54) is 6.07 Å². The fraction of sp³-hybridized carbons (Fsp3) is 0.364. The van der Waals surface area contributed by atoms with Crippen molar-refractivity contribution in [3.63, 3.8) is 0 Å². The maximum atomic E-state index is 9.81. The van der Waals surface area contributed by atoms with Crippen LogP contribution in [0.5, 0.6) is 5.75 Å². The van der Waals surface area contributed by atoms with Crippen LogP contribution in [0, 0.1) is 0 Å². The minimum Gasteiger partial charge on any atom is -0.508 e. The maximum Gasteiger partial charge on any atom is 0.120 e. The van der Waals surface area contributed by atoms with Crippen LogP contribution in [0.2, 0.25) is 5.02 Å². The molecule has 0 saturated carbocycles. The standard InChI is InChI=1S/C11H15ClN2O2S/c1-14(4-5-15)10(11(13)17)8-6-7(12)2-3-9(8)16/h2-3,6,10,15-16H,4-5H2,1H3,(H2,13,17). The highest BCUT2D eigenvalue weighted by atomic mass is 35.5. The van der Waals surface area contributed by atoms with Crippen molar-refractivity contribution in [3.05, 3.63) is 28.8 Å². The van der Waals surface area contributed by atoms with E-state index in [1.807, 2.05) is 0 Å². The third kappa shape index (κ3) is 3.54. The first kappa shape index (κ1) is 14.2. The predicted octanol–water partition coefficient (Wildman–Crippen LogP) is 1.30. The molecule has 6 heteroatoms. The highest BCUT2D eigenvalue weighted by Gasteiger charge is 2.22. The Kier molecular flexibility index (Phi) is 5.14. The van der Waals surface area contributed by atoms with Crippen LogP contribution >= 0.6 is 23.8 Å². The van der Waals surface area contributed by atoms with Gasteiger partial charge in [0.25, 0.3) is 0 Å². The summed E-state index contributed by atoms with van der Waals surface area (Å²) in [6.07, 6.45) is 0. The summed E-state index contributed by atoms with van der Waals surface area (Å²) in [5.41, 5.74) is 6.22. The monoisotopic (exact) mass is 274 g/mol. The SMILES string of the molecule is CN(CCO)C(C(N)=S)c1cc(Cl)ccc1O. The van der Waals surface area contributed by atoms with Crippen molar-refractivity contribution < 1.29 is 10.2 Å². The number of likely N-dealkylation sites (N-methyl/N-ethyl adjacent to an activating group) is 1. The van der Waals surface area contributed by atoms with Crippen molar-refractivity contribution >= 4 is 28.8 Å². The van der Waals surface area contributed by atoms with Gasteiger partial charge in [-0.15, -0.1) is 0 Å². The molecule has 1 atom stereocenters. The average Bonchev–Trinajstić information content (AvgIpc) is 2.23. The van der Waals surface area contributed by atoms with E-state index in [1.54, 1.807) is 24.1 Å². The Morgan fingerprint density at radius 3 is 2.76 bits per heavy atom. The number of aliphatic hydroxyl groups excluding tert-OH is 1. The second-order valence-electron chi connectivity index (χ2n) is 3.71. The van der Waals surface area contributed by atoms with E-state index >= 15 is 0 Å². The van der Waals surface area contributed by atoms with Gasteiger partial charge in [0.05, 0.1) is 17.6 Å². The largest absolute Gasteiger partial charge is 0.508 e. The number of rotatable bonds is 5. The molecule has 0 aliphatic carbocycles. The number of aliphatic hydroxyl groups is 1. The Labute approximate surface area is 111 Å². The highest BCUT2D eigenvalue weighted by molar-refractivity contribution is 7.80. The predicted molar refractivity (Wildman–Crippen MR) is 72.4 cm³/mol. The van der Waals surface area contributed by atoms with E-state index in [2.05, 4.69) is 0 Å². The number of thiocarbonyl (C=S) groups is 1. The molecule has 17 heavy (non-hydrogen) atoms. The molecule has 0 amide bonds. The molecule has 0 spiro atoms. The number of halogens is 1. The molecule has 0 fully saturated rings. The lowest BCUT2D eigenvalue weighted by Crippen LogP contribution is -2.35. The van der Waals surface area contributed by atoms with Crippen LogP contribution in [0.15, 0.2) is 18.2 Å². The summed E-state index contributed by atoms with van der Waals surface area (Å²) in [7, 11) is 1.76. The van der Waals surface area contributed by atoms with Crippen LogP contribution < -0.4 is 5.73 Å². The van der Waals surface area contributed by atoms with Crippen molar-refractivity contribution in [2.24, 2.45) is 5.73 Å². The molecule has 0 aromatic heterocycles. The zero-order valence-electron chi connectivity index (χ0n) is 9.43. The summed E-state index contributed by atoms with van der Waals surface area (Å²) in [6.45, 7) is 0.380. The molecule has 4 N–H and O–H groups in total. The molecule has 1 unspecified atom stereocenters. The number of nitrogens with two attached hydrogens (primary N) is 1. The maximum absolute atomic E-state index is 9.81. The first-order valence-corrected chi connectivity index (χ1v) is 5.84. The summed E-state index contributed by atoms with van der Waals surface area (Å²) < 4.78 is 0. The molecule has 1 aromatic carbocycles. The van der Waals surface area contributed by atoms with E-state index in [-0.39, 0.29) is 17.3 Å². The van der Waals surface area contributed by atoms with Gasteiger partial charge in [0.2, 0.25) is 0 Å². The molecule has 1 rings (SSSR count). The zero-order valence-corrected chi connectivity index (χ0v) is 11.0. The number of benzene rings is 1. The molecule has 0 aliphatic rings. The summed E-state index contributed by atoms with van der Waals surface area (Å²) in [4.78, 5) is 1.98. The molecule has 0 radical (unpaired) electrons. The first-order chi connectivity index (χ1) is 7.97. The fourth-order valence-electron chi connectivity index (χ4n) is 1.64. The van der Waals surface area contributed by atoms with Gasteiger partial charge < -0.3 is 15.9 Å². The number of aromatic hydroxyl groups is 1. The third-order valence-corrected chi connectivity index (χ3v) is 2.91. The minimum absolute atomic E-state index is 0.0169. The van der Waals surface area contributed by atoms with Crippen LogP contribution in [0.25, 0.3) is 0 Å². The molecule has 1 aromatic rings. The van der Waals surface area contributed by atoms with Gasteiger partial charge in [0.15, 0.2) is 0 Å². The van der Waals surface area contributed by atoms with Gasteiger partial charge >= 0.3 is 0 Å². The first-order valence-electron chi connectivity index (χ1n) is 5.06. The number of phenolic OH excluding ortho intramolecular Hbond substituents is 1. The van der Waals surface area contributed by atoms with Gasteiger partial charge in [-0.2, -0.15) is 0 Å². The summed E-state index contributed by atoms with van der Waals surface area (Å²) >= 11 is 10.9. The topological polar surface area (TPSA) is 69.7 Å². The fourth-order valence-corrected chi connectivity index (χ4v) is 2.13. The number of nitrogens with zero attached hydrogens (tertiary/aromatic N) is 1. The molecule has 0 saturated heterocycles. The van der Waals surface area contributed by atoms with Crippen molar-refractivity contribution in [1.29, 1.82) is 0 Å². The Morgan fingerprint density at radius 2 is 2.24 bits per heavy atom. The van der Waals surface area contributed by atoms with Crippen molar-refractivity contribution in [2.75, 3.05) is 20.2 Å². The van der Waals surface area contributed by atoms with Crippen LogP contribution in [-0.2, 0) is 0 Å². The van der Waals surface area contributed by atoms with Gasteiger partial charge in [0.1, 0.15) is 5.75 Å². The third-order valence-electron chi connectivity index (χ3n) is 2.45. The van der Waals surface area contributed by atoms with Crippen molar-refractivity contribution in [2.45, 2.75) is 6.04 Å². The molecule has 0 aliphatic heterocycles. The van der Waals surface area contributed by atoms with E-state index < -0.39 is 6.04 Å². The number of phenols is 1. The zero-order chi connectivity index (χ0) is 13.0. The van der Waals surface area contributed by atoms with Crippen molar-refractivity contribution in [3.8, 4) is 5.75 Å². The van der Waals surface area contributed by atoms with Crippen molar-refractivity contribution in [1.82, 2.24) is 4.90 Å². The van der Waals surface area contributed by atoms with Crippen LogP contribution in [0.3, 0.4) is 0 Å². The van der Waals surface area contributed by atoms with Gasteiger partial charge in [-0.3, -0.25) is 4.90 Å². The number of hydrogen-bond acceptors (Lipinski definition) is 4. The van der Waals surface area contributed by atoms with Gasteiger partial charge in [0, 0.05) is 17.1 Å². The van der Waals surface area contributed by atoms with Gasteiger partial charge in [-0.05, 0) is 25.2 Å². The molecular formula is C11H15ClN2O2S. The normalized spacial score (nSPS) is 12.7. The smallest absolute Gasteiger partial charge is 0.120 e. The van der Waals surface area contributed by atoms with Crippen LogP contribution in [-0.4, -0.2) is 40.3 Å². The molecule has 0 heterocycles. The summed E-state index contributed by atoms with van der Waals surface area (Å²) in [5, 5.41) is 19.2. The highest BCUT2D eigenvalue weighted by Crippen LogP contribution is 2.30.